The van der Waals surface area contributed by atoms with E-state index >= 15 is 0 Å². The second kappa shape index (κ2) is 6.99. The SMILES string of the molecule is Clc1snnc1CSc1nnc(NCC2CCCO2)s1. The third-order valence-corrected chi connectivity index (χ3v) is 5.76. The van der Waals surface area contributed by atoms with E-state index in [0.29, 0.717) is 16.2 Å². The molecule has 0 saturated carbocycles. The van der Waals surface area contributed by atoms with Gasteiger partial charge in [-0.15, -0.1) is 15.3 Å². The Labute approximate surface area is 133 Å². The molecule has 0 aliphatic carbocycles. The third kappa shape index (κ3) is 3.79. The zero-order valence-electron chi connectivity index (χ0n) is 10.4. The van der Waals surface area contributed by atoms with Crippen molar-refractivity contribution in [3.05, 3.63) is 10.0 Å². The van der Waals surface area contributed by atoms with Crippen molar-refractivity contribution in [3.8, 4) is 0 Å². The first-order chi connectivity index (χ1) is 9.81. The highest BCUT2D eigenvalue weighted by molar-refractivity contribution is 8.00. The van der Waals surface area contributed by atoms with Gasteiger partial charge in [0, 0.05) is 30.4 Å². The summed E-state index contributed by atoms with van der Waals surface area (Å²) in [7, 11) is 0. The molecule has 2 aromatic rings. The molecule has 0 spiro atoms. The molecule has 108 valence electrons. The van der Waals surface area contributed by atoms with Crippen LogP contribution in [0.1, 0.15) is 18.5 Å². The summed E-state index contributed by atoms with van der Waals surface area (Å²) in [5, 5.41) is 16.3. The molecule has 20 heavy (non-hydrogen) atoms. The molecule has 1 N–H and O–H groups in total. The number of hydrogen-bond acceptors (Lipinski definition) is 9. The van der Waals surface area contributed by atoms with E-state index < -0.39 is 0 Å². The first-order valence-corrected chi connectivity index (χ1v) is 9.05. The lowest BCUT2D eigenvalue weighted by molar-refractivity contribution is 0.120. The Balaban J connectivity index is 1.47. The first-order valence-electron chi connectivity index (χ1n) is 6.10. The molecule has 0 radical (unpaired) electrons. The number of anilines is 1. The van der Waals surface area contributed by atoms with Crippen LogP contribution < -0.4 is 5.32 Å². The van der Waals surface area contributed by atoms with Gasteiger partial charge in [0.25, 0.3) is 0 Å². The number of aromatic nitrogens is 4. The van der Waals surface area contributed by atoms with Gasteiger partial charge in [0.05, 0.1) is 6.10 Å². The van der Waals surface area contributed by atoms with E-state index in [0.717, 1.165) is 41.2 Å². The van der Waals surface area contributed by atoms with Gasteiger partial charge in [-0.2, -0.15) is 0 Å². The highest BCUT2D eigenvalue weighted by Crippen LogP contribution is 2.30. The van der Waals surface area contributed by atoms with Gasteiger partial charge in [0.1, 0.15) is 10.0 Å². The van der Waals surface area contributed by atoms with Gasteiger partial charge in [0.2, 0.25) is 5.13 Å². The highest BCUT2D eigenvalue weighted by atomic mass is 35.5. The number of rotatable bonds is 6. The standard InChI is InChI=1S/C10H12ClN5OS3/c11-8-7(13-16-20-8)5-18-10-15-14-9(19-10)12-4-6-2-1-3-17-6/h6H,1-5H2,(H,12,14). The van der Waals surface area contributed by atoms with E-state index in [1.54, 1.807) is 11.8 Å². The third-order valence-electron chi connectivity index (χ3n) is 2.75. The van der Waals surface area contributed by atoms with Gasteiger partial charge >= 0.3 is 0 Å². The Kier molecular flexibility index (Phi) is 5.05. The predicted molar refractivity (Wildman–Crippen MR) is 81.9 cm³/mol. The van der Waals surface area contributed by atoms with Gasteiger partial charge in [-0.25, -0.2) is 0 Å². The average Bonchev–Trinajstić information content (AvgIpc) is 3.16. The van der Waals surface area contributed by atoms with Gasteiger partial charge in [-0.1, -0.05) is 39.2 Å². The predicted octanol–water partition coefficient (Wildman–Crippen LogP) is 2.93. The molecule has 3 heterocycles. The fourth-order valence-corrected chi connectivity index (χ4v) is 4.25. The molecular formula is C10H12ClN5OS3. The average molecular weight is 350 g/mol. The second-order valence-corrected chi connectivity index (χ2v) is 7.73. The second-order valence-electron chi connectivity index (χ2n) is 4.17. The molecule has 1 atom stereocenters. The number of halogens is 1. The quantitative estimate of drug-likeness (QED) is 0.804. The summed E-state index contributed by atoms with van der Waals surface area (Å²) in [4.78, 5) is 0. The van der Waals surface area contributed by atoms with Crippen LogP contribution in [0.25, 0.3) is 0 Å². The van der Waals surface area contributed by atoms with Crippen LogP contribution in [0.2, 0.25) is 4.34 Å². The van der Waals surface area contributed by atoms with Crippen molar-refractivity contribution in [2.45, 2.75) is 29.0 Å². The fraction of sp³-hybridized carbons (Fsp3) is 0.600. The van der Waals surface area contributed by atoms with E-state index in [1.807, 2.05) is 0 Å². The van der Waals surface area contributed by atoms with Gasteiger partial charge in [-0.3, -0.25) is 0 Å². The molecule has 0 aromatic carbocycles. The van der Waals surface area contributed by atoms with Crippen LogP contribution in [0, 0.1) is 0 Å². The zero-order chi connectivity index (χ0) is 13.8. The Bertz CT molecular complexity index is 557. The molecule has 1 aliphatic heterocycles. The van der Waals surface area contributed by atoms with Crippen LogP contribution in [0.4, 0.5) is 5.13 Å². The molecule has 3 rings (SSSR count). The molecule has 0 bridgehead atoms. The zero-order valence-corrected chi connectivity index (χ0v) is 13.6. The number of nitrogens with one attached hydrogen (secondary N) is 1. The van der Waals surface area contributed by atoms with E-state index in [2.05, 4.69) is 25.1 Å². The van der Waals surface area contributed by atoms with E-state index in [-0.39, 0.29) is 0 Å². The number of nitrogens with zero attached hydrogens (tertiary/aromatic N) is 4. The monoisotopic (exact) mass is 349 g/mol. The topological polar surface area (TPSA) is 72.8 Å². The lowest BCUT2D eigenvalue weighted by atomic mass is 10.2. The Morgan fingerprint density at radius 3 is 3.10 bits per heavy atom. The van der Waals surface area contributed by atoms with Crippen molar-refractivity contribution >= 4 is 51.4 Å². The molecule has 0 amide bonds. The molecule has 1 fully saturated rings. The Morgan fingerprint density at radius 2 is 2.35 bits per heavy atom. The van der Waals surface area contributed by atoms with Gasteiger partial charge in [-0.05, 0) is 12.8 Å². The highest BCUT2D eigenvalue weighted by Gasteiger charge is 2.16. The van der Waals surface area contributed by atoms with Crippen LogP contribution in [0.3, 0.4) is 0 Å². The maximum absolute atomic E-state index is 5.95. The van der Waals surface area contributed by atoms with Crippen LogP contribution in [-0.2, 0) is 10.5 Å². The summed E-state index contributed by atoms with van der Waals surface area (Å²) in [6.07, 6.45) is 2.56. The van der Waals surface area contributed by atoms with E-state index in [9.17, 15) is 0 Å². The molecule has 10 heteroatoms. The van der Waals surface area contributed by atoms with Crippen molar-refractivity contribution in [1.82, 2.24) is 19.8 Å². The van der Waals surface area contributed by atoms with Crippen LogP contribution in [0.15, 0.2) is 4.34 Å². The summed E-state index contributed by atoms with van der Waals surface area (Å²) < 4.78 is 10.9. The maximum Gasteiger partial charge on any atom is 0.206 e. The number of thioether (sulfide) groups is 1. The largest absolute Gasteiger partial charge is 0.376 e. The lowest BCUT2D eigenvalue weighted by Gasteiger charge is -2.08. The van der Waals surface area contributed by atoms with Gasteiger partial charge < -0.3 is 10.1 Å². The summed E-state index contributed by atoms with van der Waals surface area (Å²) in [6, 6.07) is 0. The Morgan fingerprint density at radius 1 is 1.40 bits per heavy atom. The lowest BCUT2D eigenvalue weighted by Crippen LogP contribution is -2.18. The molecule has 1 unspecified atom stereocenters. The molecule has 1 aliphatic rings. The summed E-state index contributed by atoms with van der Waals surface area (Å²) in [5.74, 6) is 0.662. The van der Waals surface area contributed by atoms with Crippen molar-refractivity contribution in [3.63, 3.8) is 0 Å². The van der Waals surface area contributed by atoms with Crippen molar-refractivity contribution in [1.29, 1.82) is 0 Å². The normalized spacial score (nSPS) is 18.6. The minimum Gasteiger partial charge on any atom is -0.376 e. The number of ether oxygens (including phenoxy) is 1. The van der Waals surface area contributed by atoms with Gasteiger partial charge in [0.15, 0.2) is 4.34 Å². The van der Waals surface area contributed by atoms with Crippen LogP contribution in [0.5, 0.6) is 0 Å². The van der Waals surface area contributed by atoms with Crippen molar-refractivity contribution in [2.75, 3.05) is 18.5 Å². The van der Waals surface area contributed by atoms with Crippen molar-refractivity contribution < 1.29 is 4.74 Å². The summed E-state index contributed by atoms with van der Waals surface area (Å²) >= 11 is 10.2. The summed E-state index contributed by atoms with van der Waals surface area (Å²) in [6.45, 7) is 1.66. The first kappa shape index (κ1) is 14.5. The smallest absolute Gasteiger partial charge is 0.206 e. The van der Waals surface area contributed by atoms with Crippen LogP contribution in [-0.4, -0.2) is 39.0 Å². The molecule has 6 nitrogen and oxygen atoms in total. The van der Waals surface area contributed by atoms with Crippen LogP contribution >= 0.6 is 46.2 Å². The maximum atomic E-state index is 5.95. The van der Waals surface area contributed by atoms with Crippen molar-refractivity contribution in [2.24, 2.45) is 0 Å². The fourth-order valence-electron chi connectivity index (χ4n) is 1.76. The summed E-state index contributed by atoms with van der Waals surface area (Å²) in [5.41, 5.74) is 0.797. The van der Waals surface area contributed by atoms with E-state index in [1.165, 1.54) is 22.9 Å². The molecule has 2 aromatic heterocycles. The Hall–Kier alpha value is -0.480. The minimum absolute atomic E-state index is 0.301. The molecule has 1 saturated heterocycles. The molecular weight excluding hydrogens is 338 g/mol. The minimum atomic E-state index is 0.301. The van der Waals surface area contributed by atoms with E-state index in [4.69, 9.17) is 16.3 Å². The number of hydrogen-bond donors (Lipinski definition) is 1.